The fourth-order valence-corrected chi connectivity index (χ4v) is 2.07. The van der Waals surface area contributed by atoms with Gasteiger partial charge in [-0.1, -0.05) is 11.6 Å². The lowest BCUT2D eigenvalue weighted by atomic mass is 10.2. The van der Waals surface area contributed by atoms with E-state index in [9.17, 15) is 4.39 Å². The number of benzene rings is 2. The van der Waals surface area contributed by atoms with Crippen molar-refractivity contribution in [3.05, 3.63) is 57.3 Å². The number of anilines is 2. The highest BCUT2D eigenvalue weighted by Gasteiger charge is 2.05. The molecule has 0 aromatic heterocycles. The highest BCUT2D eigenvalue weighted by molar-refractivity contribution is 9.10. The predicted molar refractivity (Wildman–Crippen MR) is 73.5 cm³/mol. The van der Waals surface area contributed by atoms with Gasteiger partial charge >= 0.3 is 0 Å². The Kier molecular flexibility index (Phi) is 3.85. The summed E-state index contributed by atoms with van der Waals surface area (Å²) in [5.74, 6) is -0.389. The predicted octanol–water partition coefficient (Wildman–Crippen LogP) is 4.86. The summed E-state index contributed by atoms with van der Waals surface area (Å²) in [6, 6.07) is 11.4. The molecule has 2 aromatic rings. The van der Waals surface area contributed by atoms with Crippen LogP contribution in [0.2, 0.25) is 5.02 Å². The lowest BCUT2D eigenvalue weighted by Crippen LogP contribution is -1.94. The molecule has 90 valence electrons. The first-order valence-corrected chi connectivity index (χ1v) is 6.19. The maximum absolute atomic E-state index is 13.5. The van der Waals surface area contributed by atoms with Crippen LogP contribution in [0, 0.1) is 17.1 Å². The summed E-state index contributed by atoms with van der Waals surface area (Å²) in [6.07, 6.45) is 0. The van der Waals surface area contributed by atoms with Crippen LogP contribution in [-0.2, 0) is 0 Å². The van der Waals surface area contributed by atoms with Crippen molar-refractivity contribution in [3.8, 4) is 6.07 Å². The summed E-state index contributed by atoms with van der Waals surface area (Å²) >= 11 is 9.07. The van der Waals surface area contributed by atoms with Crippen molar-refractivity contribution in [1.82, 2.24) is 0 Å². The van der Waals surface area contributed by atoms with Crippen molar-refractivity contribution in [3.63, 3.8) is 0 Å². The Morgan fingerprint density at radius 3 is 2.67 bits per heavy atom. The van der Waals surface area contributed by atoms with Crippen molar-refractivity contribution in [1.29, 1.82) is 5.26 Å². The van der Waals surface area contributed by atoms with Gasteiger partial charge in [-0.2, -0.15) is 5.26 Å². The van der Waals surface area contributed by atoms with Crippen LogP contribution in [-0.4, -0.2) is 0 Å². The van der Waals surface area contributed by atoms with Gasteiger partial charge in [0.25, 0.3) is 0 Å². The Balaban J connectivity index is 2.32. The van der Waals surface area contributed by atoms with E-state index in [1.165, 1.54) is 18.2 Å². The van der Waals surface area contributed by atoms with Gasteiger partial charge in [0.05, 0.1) is 11.3 Å². The van der Waals surface area contributed by atoms with E-state index < -0.39 is 0 Å². The molecule has 0 aliphatic rings. The van der Waals surface area contributed by atoms with Crippen molar-refractivity contribution < 1.29 is 4.39 Å². The molecule has 2 nitrogen and oxygen atoms in total. The quantitative estimate of drug-likeness (QED) is 0.856. The van der Waals surface area contributed by atoms with Crippen molar-refractivity contribution in [2.75, 3.05) is 5.32 Å². The van der Waals surface area contributed by atoms with E-state index in [-0.39, 0.29) is 5.82 Å². The molecule has 0 spiro atoms. The topological polar surface area (TPSA) is 35.8 Å². The molecule has 2 rings (SSSR count). The van der Waals surface area contributed by atoms with Crippen molar-refractivity contribution in [2.45, 2.75) is 0 Å². The first-order chi connectivity index (χ1) is 8.60. The maximum Gasteiger partial charge on any atom is 0.146 e. The highest BCUT2D eigenvalue weighted by Crippen LogP contribution is 2.26. The van der Waals surface area contributed by atoms with E-state index in [2.05, 4.69) is 21.2 Å². The smallest absolute Gasteiger partial charge is 0.146 e. The Bertz CT molecular complexity index is 637. The normalized spacial score (nSPS) is 9.89. The lowest BCUT2D eigenvalue weighted by molar-refractivity contribution is 0.632. The molecule has 0 saturated heterocycles. The van der Waals surface area contributed by atoms with Gasteiger partial charge in [-0.25, -0.2) is 4.39 Å². The van der Waals surface area contributed by atoms with E-state index in [1.807, 2.05) is 6.07 Å². The molecule has 0 saturated carbocycles. The van der Waals surface area contributed by atoms with Crippen LogP contribution in [0.15, 0.2) is 40.9 Å². The molecule has 0 bridgehead atoms. The molecule has 0 atom stereocenters. The Morgan fingerprint density at radius 1 is 1.22 bits per heavy atom. The van der Waals surface area contributed by atoms with Gasteiger partial charge in [0.1, 0.15) is 11.9 Å². The van der Waals surface area contributed by atoms with E-state index in [0.29, 0.717) is 26.4 Å². The standard InChI is InChI=1S/C13H7BrClFN2/c14-11-6-10(3-1-8(11)7-17)18-13-5-9(15)2-4-12(13)16/h1-6,18H. The van der Waals surface area contributed by atoms with E-state index in [0.717, 1.165) is 0 Å². The monoisotopic (exact) mass is 324 g/mol. The zero-order valence-corrected chi connectivity index (χ0v) is 11.4. The van der Waals surface area contributed by atoms with Crippen molar-refractivity contribution in [2.24, 2.45) is 0 Å². The third-order valence-corrected chi connectivity index (χ3v) is 3.19. The molecular formula is C13H7BrClFN2. The first kappa shape index (κ1) is 12.9. The number of hydrogen-bond donors (Lipinski definition) is 1. The Morgan fingerprint density at radius 2 is 2.00 bits per heavy atom. The number of nitriles is 1. The average Bonchev–Trinajstić information content (AvgIpc) is 2.34. The molecule has 0 aliphatic carbocycles. The average molecular weight is 326 g/mol. The Hall–Kier alpha value is -1.57. The summed E-state index contributed by atoms with van der Waals surface area (Å²) in [6.45, 7) is 0. The van der Waals surface area contributed by atoms with Gasteiger partial charge in [0, 0.05) is 15.2 Å². The number of hydrogen-bond acceptors (Lipinski definition) is 2. The van der Waals surface area contributed by atoms with E-state index in [4.69, 9.17) is 16.9 Å². The van der Waals surface area contributed by atoms with E-state index >= 15 is 0 Å². The molecule has 5 heteroatoms. The van der Waals surface area contributed by atoms with Crippen LogP contribution in [0.5, 0.6) is 0 Å². The summed E-state index contributed by atoms with van der Waals surface area (Å²) in [7, 11) is 0. The number of nitrogens with zero attached hydrogens (tertiary/aromatic N) is 1. The number of nitrogens with one attached hydrogen (secondary N) is 1. The number of rotatable bonds is 2. The summed E-state index contributed by atoms with van der Waals surface area (Å²) < 4.78 is 14.2. The Labute approximate surface area is 117 Å². The summed E-state index contributed by atoms with van der Waals surface area (Å²) in [5, 5.41) is 12.2. The minimum atomic E-state index is -0.389. The van der Waals surface area contributed by atoms with Crippen LogP contribution < -0.4 is 5.32 Å². The lowest BCUT2D eigenvalue weighted by Gasteiger charge is -2.08. The zero-order chi connectivity index (χ0) is 13.1. The SMILES string of the molecule is N#Cc1ccc(Nc2cc(Cl)ccc2F)cc1Br. The third kappa shape index (κ3) is 2.81. The minimum Gasteiger partial charge on any atom is -0.353 e. The molecule has 0 radical (unpaired) electrons. The molecule has 0 unspecified atom stereocenters. The van der Waals surface area contributed by atoms with Crippen LogP contribution in [0.1, 0.15) is 5.56 Å². The fourth-order valence-electron chi connectivity index (χ4n) is 1.43. The van der Waals surface area contributed by atoms with Gasteiger partial charge in [0.15, 0.2) is 0 Å². The molecule has 0 amide bonds. The summed E-state index contributed by atoms with van der Waals surface area (Å²) in [5.41, 5.74) is 1.48. The molecule has 1 N–H and O–H groups in total. The van der Waals surface area contributed by atoms with Gasteiger partial charge in [0.2, 0.25) is 0 Å². The molecule has 0 aliphatic heterocycles. The first-order valence-electron chi connectivity index (χ1n) is 5.02. The van der Waals surface area contributed by atoms with E-state index in [1.54, 1.807) is 18.2 Å². The molecule has 18 heavy (non-hydrogen) atoms. The second kappa shape index (κ2) is 5.38. The van der Waals surface area contributed by atoms with Gasteiger partial charge in [-0.05, 0) is 52.3 Å². The van der Waals surface area contributed by atoms with Crippen LogP contribution in [0.4, 0.5) is 15.8 Å². The van der Waals surface area contributed by atoms with Crippen LogP contribution in [0.3, 0.4) is 0 Å². The maximum atomic E-state index is 13.5. The second-order valence-electron chi connectivity index (χ2n) is 3.56. The van der Waals surface area contributed by atoms with Crippen LogP contribution >= 0.6 is 27.5 Å². The van der Waals surface area contributed by atoms with Crippen molar-refractivity contribution >= 4 is 38.9 Å². The third-order valence-electron chi connectivity index (χ3n) is 2.30. The molecule has 0 fully saturated rings. The molecule has 2 aromatic carbocycles. The largest absolute Gasteiger partial charge is 0.353 e. The minimum absolute atomic E-state index is 0.291. The fraction of sp³-hybridized carbons (Fsp3) is 0. The van der Waals surface area contributed by atoms with Gasteiger partial charge < -0.3 is 5.32 Å². The highest BCUT2D eigenvalue weighted by atomic mass is 79.9. The van der Waals surface area contributed by atoms with Crippen LogP contribution in [0.25, 0.3) is 0 Å². The van der Waals surface area contributed by atoms with Gasteiger partial charge in [-0.15, -0.1) is 0 Å². The molecular weight excluding hydrogens is 319 g/mol. The zero-order valence-electron chi connectivity index (χ0n) is 9.05. The summed E-state index contributed by atoms with van der Waals surface area (Å²) in [4.78, 5) is 0. The second-order valence-corrected chi connectivity index (χ2v) is 4.85. The van der Waals surface area contributed by atoms with Gasteiger partial charge in [-0.3, -0.25) is 0 Å². The number of halogens is 3. The molecule has 0 heterocycles.